The molecule has 1 N–H and O–H groups in total. The summed E-state index contributed by atoms with van der Waals surface area (Å²) >= 11 is 0. The van der Waals surface area contributed by atoms with E-state index in [2.05, 4.69) is 5.10 Å². The maximum atomic E-state index is 13.3. The third-order valence-corrected chi connectivity index (χ3v) is 3.85. The van der Waals surface area contributed by atoms with E-state index in [1.807, 2.05) is 0 Å². The van der Waals surface area contributed by atoms with E-state index in [1.54, 1.807) is 41.2 Å². The second kappa shape index (κ2) is 6.32. The van der Waals surface area contributed by atoms with Crippen molar-refractivity contribution in [3.05, 3.63) is 54.4 Å². The number of amides is 1. The lowest BCUT2D eigenvalue weighted by molar-refractivity contribution is -0.164. The molecule has 3 rings (SSSR count). The van der Waals surface area contributed by atoms with E-state index >= 15 is 0 Å². The summed E-state index contributed by atoms with van der Waals surface area (Å²) in [5.74, 6) is -1.09. The van der Waals surface area contributed by atoms with Gasteiger partial charge >= 0.3 is 0 Å². The summed E-state index contributed by atoms with van der Waals surface area (Å²) in [5, 5.41) is 13.4. The van der Waals surface area contributed by atoms with Crippen molar-refractivity contribution in [1.29, 1.82) is 0 Å². The highest BCUT2D eigenvalue weighted by molar-refractivity contribution is 6.01. The van der Waals surface area contributed by atoms with Crippen molar-refractivity contribution >= 4 is 11.6 Å². The Morgan fingerprint density at radius 2 is 1.76 bits per heavy atom. The second-order valence-electron chi connectivity index (χ2n) is 5.47. The highest BCUT2D eigenvalue weighted by atomic mass is 19.3. The molecule has 0 spiro atoms. The Balaban J connectivity index is 2.05. The topological polar surface area (TPSA) is 57.8 Å². The van der Waals surface area contributed by atoms with Gasteiger partial charge in [0.25, 0.3) is 18.8 Å². The molecule has 0 aliphatic carbocycles. The molecule has 132 valence electrons. The van der Waals surface area contributed by atoms with E-state index in [1.165, 1.54) is 12.1 Å². The lowest BCUT2D eigenvalue weighted by Gasteiger charge is -2.30. The van der Waals surface area contributed by atoms with Crippen molar-refractivity contribution in [2.45, 2.75) is 25.0 Å². The molecule has 1 aromatic carbocycles. The number of hydrogen-bond acceptors (Lipinski definition) is 3. The molecular formula is C16H13F4N3O2. The number of hydrogen-bond donors (Lipinski definition) is 1. The molecule has 1 aliphatic rings. The summed E-state index contributed by atoms with van der Waals surface area (Å²) in [7, 11) is 0. The maximum absolute atomic E-state index is 13.3. The third-order valence-electron chi connectivity index (χ3n) is 3.85. The molecule has 1 aromatic heterocycles. The third kappa shape index (κ3) is 2.91. The van der Waals surface area contributed by atoms with E-state index in [-0.39, 0.29) is 10.6 Å². The Hall–Kier alpha value is -2.68. The van der Waals surface area contributed by atoms with Crippen LogP contribution in [-0.2, 0) is 0 Å². The highest BCUT2D eigenvalue weighted by Gasteiger charge is 2.53. The van der Waals surface area contributed by atoms with Gasteiger partial charge in [0.1, 0.15) is 5.71 Å². The van der Waals surface area contributed by atoms with Crippen LogP contribution in [0.15, 0.2) is 53.9 Å². The Morgan fingerprint density at radius 1 is 1.12 bits per heavy atom. The van der Waals surface area contributed by atoms with Gasteiger partial charge < -0.3 is 9.67 Å². The van der Waals surface area contributed by atoms with Crippen molar-refractivity contribution < 1.29 is 27.5 Å². The first-order chi connectivity index (χ1) is 11.8. The maximum Gasteiger partial charge on any atom is 0.287 e. The SMILES string of the molecule is O=C(c1ccccc1-n1cccc1)N1N=C(C(F)F)C[C@@]1(O)C(F)F. The zero-order valence-electron chi connectivity index (χ0n) is 12.7. The summed E-state index contributed by atoms with van der Waals surface area (Å²) in [6.07, 6.45) is -4.47. The Labute approximate surface area is 139 Å². The van der Waals surface area contributed by atoms with Crippen molar-refractivity contribution in [3.63, 3.8) is 0 Å². The largest absolute Gasteiger partial charge is 0.364 e. The monoisotopic (exact) mass is 355 g/mol. The van der Waals surface area contributed by atoms with Crippen molar-refractivity contribution in [2.24, 2.45) is 5.10 Å². The zero-order valence-corrected chi connectivity index (χ0v) is 12.7. The van der Waals surface area contributed by atoms with E-state index in [4.69, 9.17) is 0 Å². The van der Waals surface area contributed by atoms with Crippen LogP contribution >= 0.6 is 0 Å². The lowest BCUT2D eigenvalue weighted by atomic mass is 10.1. The number of benzene rings is 1. The molecule has 0 unspecified atom stereocenters. The van der Waals surface area contributed by atoms with Crippen molar-refractivity contribution in [1.82, 2.24) is 9.58 Å². The number of para-hydroxylation sites is 1. The first kappa shape index (κ1) is 17.2. The van der Waals surface area contributed by atoms with E-state index < -0.39 is 36.6 Å². The molecule has 0 fully saturated rings. The zero-order chi connectivity index (χ0) is 18.2. The number of carbonyl (C=O) groups excluding carboxylic acids is 1. The molecule has 1 amide bonds. The number of hydrazone groups is 1. The number of alkyl halides is 4. The van der Waals surface area contributed by atoms with Gasteiger partial charge in [0.15, 0.2) is 0 Å². The molecule has 25 heavy (non-hydrogen) atoms. The van der Waals surface area contributed by atoms with Gasteiger partial charge in [0, 0.05) is 18.8 Å². The average Bonchev–Trinajstić information content (AvgIpc) is 3.22. The van der Waals surface area contributed by atoms with Crippen molar-refractivity contribution in [3.8, 4) is 5.69 Å². The molecule has 2 aromatic rings. The van der Waals surface area contributed by atoms with Crippen LogP contribution in [0.3, 0.4) is 0 Å². The molecule has 2 heterocycles. The van der Waals surface area contributed by atoms with Crippen LogP contribution in [0.2, 0.25) is 0 Å². The van der Waals surface area contributed by atoms with Crippen molar-refractivity contribution in [2.75, 3.05) is 0 Å². The molecular weight excluding hydrogens is 342 g/mol. The predicted octanol–water partition coefficient (Wildman–Crippen LogP) is 2.90. The van der Waals surface area contributed by atoms with Gasteiger partial charge in [-0.25, -0.2) is 17.6 Å². The fourth-order valence-electron chi connectivity index (χ4n) is 2.59. The quantitative estimate of drug-likeness (QED) is 0.858. The molecule has 0 bridgehead atoms. The smallest absolute Gasteiger partial charge is 0.287 e. The van der Waals surface area contributed by atoms with E-state index in [9.17, 15) is 27.5 Å². The fourth-order valence-corrected chi connectivity index (χ4v) is 2.59. The van der Waals surface area contributed by atoms with Gasteiger partial charge in [0.05, 0.1) is 11.3 Å². The van der Waals surface area contributed by atoms with Gasteiger partial charge in [0.2, 0.25) is 5.72 Å². The molecule has 0 radical (unpaired) electrons. The molecule has 0 saturated heterocycles. The summed E-state index contributed by atoms with van der Waals surface area (Å²) in [4.78, 5) is 12.7. The second-order valence-corrected chi connectivity index (χ2v) is 5.47. The lowest BCUT2D eigenvalue weighted by Crippen LogP contribution is -2.51. The number of nitrogens with zero attached hydrogens (tertiary/aromatic N) is 3. The summed E-state index contributed by atoms with van der Waals surface area (Å²) in [5.41, 5.74) is -3.78. The molecule has 1 atom stereocenters. The van der Waals surface area contributed by atoms with Gasteiger partial charge in [-0.2, -0.15) is 10.1 Å². The Kier molecular flexibility index (Phi) is 4.34. The normalized spacial score (nSPS) is 20.4. The molecule has 5 nitrogen and oxygen atoms in total. The molecule has 9 heteroatoms. The number of halogens is 4. The van der Waals surface area contributed by atoms with Crippen LogP contribution in [-0.4, -0.2) is 44.9 Å². The summed E-state index contributed by atoms with van der Waals surface area (Å²) < 4.78 is 53.9. The highest BCUT2D eigenvalue weighted by Crippen LogP contribution is 2.35. The average molecular weight is 355 g/mol. The number of rotatable bonds is 4. The Bertz CT molecular complexity index is 807. The number of aliphatic hydroxyl groups is 1. The van der Waals surface area contributed by atoms with Gasteiger partial charge in [-0.15, -0.1) is 0 Å². The molecule has 0 saturated carbocycles. The van der Waals surface area contributed by atoms with Crippen LogP contribution in [0.25, 0.3) is 5.69 Å². The first-order valence-electron chi connectivity index (χ1n) is 7.27. The van der Waals surface area contributed by atoms with Crippen LogP contribution in [0.4, 0.5) is 17.6 Å². The van der Waals surface area contributed by atoms with Crippen LogP contribution < -0.4 is 0 Å². The van der Waals surface area contributed by atoms with Gasteiger partial charge in [-0.1, -0.05) is 12.1 Å². The standard InChI is InChI=1S/C16H13F4N3O2/c17-13(18)11-9-16(25,15(19)20)23(21-11)14(24)10-5-1-2-6-12(10)22-7-3-4-8-22/h1-8,13,15,25H,9H2/t16-/m1/s1. The minimum atomic E-state index is -3.46. The summed E-state index contributed by atoms with van der Waals surface area (Å²) in [6, 6.07) is 9.42. The van der Waals surface area contributed by atoms with Crippen LogP contribution in [0, 0.1) is 0 Å². The minimum absolute atomic E-state index is 0.0570. The molecule has 1 aliphatic heterocycles. The van der Waals surface area contributed by atoms with E-state index in [0.29, 0.717) is 5.69 Å². The van der Waals surface area contributed by atoms with E-state index in [0.717, 1.165) is 0 Å². The van der Waals surface area contributed by atoms with Gasteiger partial charge in [-0.05, 0) is 24.3 Å². The first-order valence-corrected chi connectivity index (χ1v) is 7.27. The van der Waals surface area contributed by atoms with Crippen LogP contribution in [0.1, 0.15) is 16.8 Å². The summed E-state index contributed by atoms with van der Waals surface area (Å²) in [6.45, 7) is 0. The predicted molar refractivity (Wildman–Crippen MR) is 80.9 cm³/mol. The van der Waals surface area contributed by atoms with Crippen LogP contribution in [0.5, 0.6) is 0 Å². The number of carbonyl (C=O) groups is 1. The number of aromatic nitrogens is 1. The van der Waals surface area contributed by atoms with Gasteiger partial charge in [-0.3, -0.25) is 4.79 Å². The Morgan fingerprint density at radius 3 is 2.36 bits per heavy atom. The minimum Gasteiger partial charge on any atom is -0.364 e. The fraction of sp³-hybridized carbons (Fsp3) is 0.250.